The zero-order valence-electron chi connectivity index (χ0n) is 18.2. The fraction of sp³-hybridized carbons (Fsp3) is 0.522. The number of halogens is 1. The molecule has 0 radical (unpaired) electrons. The van der Waals surface area contributed by atoms with Gasteiger partial charge in [0.25, 0.3) is 5.50 Å². The average molecular weight is 479 g/mol. The van der Waals surface area contributed by atoms with Crippen molar-refractivity contribution >= 4 is 35.7 Å². The Labute approximate surface area is 191 Å². The van der Waals surface area contributed by atoms with Crippen LogP contribution in [0.4, 0.5) is 0 Å². The number of aromatic hydroxyl groups is 1. The van der Waals surface area contributed by atoms with Gasteiger partial charge in [0.2, 0.25) is 0 Å². The first-order valence-electron chi connectivity index (χ1n) is 11.2. The van der Waals surface area contributed by atoms with Gasteiger partial charge < -0.3 is 19.4 Å². The average Bonchev–Trinajstić information content (AvgIpc) is 3.40. The van der Waals surface area contributed by atoms with Crippen LogP contribution in [0.15, 0.2) is 22.6 Å². The molecule has 2 heterocycles. The topological polar surface area (TPSA) is 109 Å². The van der Waals surface area contributed by atoms with Crippen LogP contribution in [0.5, 0.6) is 5.75 Å². The first-order valence-corrected chi connectivity index (χ1v) is 13.2. The monoisotopic (exact) mass is 478 g/mol. The zero-order chi connectivity index (χ0) is 22.7. The number of imidazole rings is 1. The van der Waals surface area contributed by atoms with Crippen molar-refractivity contribution in [3.63, 3.8) is 0 Å². The van der Waals surface area contributed by atoms with Gasteiger partial charge in [0.15, 0.2) is 17.3 Å². The number of rotatable bonds is 6. The van der Waals surface area contributed by atoms with E-state index in [2.05, 4.69) is 18.8 Å². The third-order valence-corrected chi connectivity index (χ3v) is 8.51. The molecule has 2 saturated carbocycles. The summed E-state index contributed by atoms with van der Waals surface area (Å²) in [5, 5.41) is 11.0. The van der Waals surface area contributed by atoms with Crippen molar-refractivity contribution in [1.82, 2.24) is 9.97 Å². The van der Waals surface area contributed by atoms with E-state index in [0.717, 1.165) is 48.7 Å². The summed E-state index contributed by atoms with van der Waals surface area (Å²) in [4.78, 5) is 18.4. The van der Waals surface area contributed by atoms with Crippen LogP contribution in [-0.2, 0) is 14.5 Å². The van der Waals surface area contributed by atoms with Crippen LogP contribution in [0.3, 0.4) is 0 Å². The highest BCUT2D eigenvalue weighted by atomic mass is 35.5. The summed E-state index contributed by atoms with van der Waals surface area (Å²) in [7, 11) is -4.31. The summed E-state index contributed by atoms with van der Waals surface area (Å²) >= 11 is 6.39. The molecule has 3 aromatic rings. The molecule has 1 aromatic carbocycles. The van der Waals surface area contributed by atoms with E-state index in [0.29, 0.717) is 16.8 Å². The second-order valence-electron chi connectivity index (χ2n) is 9.62. The second kappa shape index (κ2) is 7.91. The molecule has 172 valence electrons. The summed E-state index contributed by atoms with van der Waals surface area (Å²) in [5.74, 6) is 0.690. The van der Waals surface area contributed by atoms with Crippen molar-refractivity contribution in [3.8, 4) is 17.3 Å². The number of nitrogens with one attached hydrogen (secondary N) is 1. The highest BCUT2D eigenvalue weighted by Crippen LogP contribution is 2.50. The normalized spacial score (nSPS) is 20.0. The Kier molecular flexibility index (Phi) is 5.44. The molecule has 7 nitrogen and oxygen atoms in total. The lowest BCUT2D eigenvalue weighted by molar-refractivity contribution is 0.138. The van der Waals surface area contributed by atoms with Gasteiger partial charge >= 0.3 is 7.60 Å². The van der Waals surface area contributed by atoms with Gasteiger partial charge in [-0.25, -0.2) is 4.98 Å². The van der Waals surface area contributed by atoms with E-state index in [-0.39, 0.29) is 17.3 Å². The summed E-state index contributed by atoms with van der Waals surface area (Å²) < 4.78 is 24.0. The number of benzene rings is 1. The van der Waals surface area contributed by atoms with Crippen LogP contribution >= 0.6 is 19.2 Å². The Bertz CT molecular complexity index is 1210. The van der Waals surface area contributed by atoms with Gasteiger partial charge in [-0.15, -0.1) is 0 Å². The SMILES string of the molecule is CC(C)(c1cc(Cl)cc2[nH]c(-c3cc(O)c(P(=O)(O)OC4CCCCC4)o3)nc12)C1CC1. The molecule has 0 saturated heterocycles. The molecular weight excluding hydrogens is 451 g/mol. The van der Waals surface area contributed by atoms with Gasteiger partial charge in [-0.05, 0) is 54.7 Å². The molecule has 9 heteroatoms. The lowest BCUT2D eigenvalue weighted by Gasteiger charge is -2.25. The lowest BCUT2D eigenvalue weighted by atomic mass is 9.79. The van der Waals surface area contributed by atoms with Crippen LogP contribution in [-0.4, -0.2) is 26.1 Å². The Morgan fingerprint density at radius 1 is 1.19 bits per heavy atom. The number of nitrogens with zero attached hydrogens (tertiary/aromatic N) is 1. The summed E-state index contributed by atoms with van der Waals surface area (Å²) in [5.41, 5.74) is 2.05. The number of H-pyrrole nitrogens is 1. The van der Waals surface area contributed by atoms with Gasteiger partial charge in [0.05, 0.1) is 17.1 Å². The number of hydrogen-bond acceptors (Lipinski definition) is 5. The van der Waals surface area contributed by atoms with Crippen LogP contribution in [0.25, 0.3) is 22.6 Å². The van der Waals surface area contributed by atoms with Crippen molar-refractivity contribution in [3.05, 3.63) is 28.8 Å². The number of furan rings is 1. The summed E-state index contributed by atoms with van der Waals surface area (Å²) in [6.07, 6.45) is 6.52. The lowest BCUT2D eigenvalue weighted by Crippen LogP contribution is -2.20. The Morgan fingerprint density at radius 2 is 1.91 bits per heavy atom. The Balaban J connectivity index is 1.50. The maximum atomic E-state index is 12.9. The van der Waals surface area contributed by atoms with Crippen molar-refractivity contribution < 1.29 is 23.5 Å². The molecule has 0 aliphatic heterocycles. The molecule has 32 heavy (non-hydrogen) atoms. The van der Waals surface area contributed by atoms with Crippen molar-refractivity contribution in [1.29, 1.82) is 0 Å². The standard InChI is InChI=1S/C23H28ClN2O5P/c1-23(2,13-8-9-13)16-10-14(24)11-17-20(16)26-21(25-17)19-12-18(27)22(30-19)32(28,29)31-15-6-4-3-5-7-15/h10-13,15,27H,3-9H2,1-2H3,(H,25,26)(H,28,29). The third-order valence-electron chi connectivity index (χ3n) is 6.87. The van der Waals surface area contributed by atoms with Crippen LogP contribution in [0.1, 0.15) is 64.4 Å². The van der Waals surface area contributed by atoms with E-state index in [1.165, 1.54) is 18.9 Å². The molecular formula is C23H28ClN2O5P. The Hall–Kier alpha value is -1.79. The summed E-state index contributed by atoms with van der Waals surface area (Å²) in [6, 6.07) is 5.05. The van der Waals surface area contributed by atoms with Gasteiger partial charge in [-0.1, -0.05) is 44.7 Å². The molecule has 1 atom stereocenters. The molecule has 2 fully saturated rings. The zero-order valence-corrected chi connectivity index (χ0v) is 19.9. The van der Waals surface area contributed by atoms with Gasteiger partial charge in [-0.3, -0.25) is 9.09 Å². The number of aromatic amines is 1. The smallest absolute Gasteiger partial charge is 0.397 e. The van der Waals surface area contributed by atoms with Crippen molar-refractivity contribution in [2.45, 2.75) is 70.3 Å². The maximum absolute atomic E-state index is 12.9. The fourth-order valence-electron chi connectivity index (χ4n) is 4.83. The minimum absolute atomic E-state index is 0.0826. The van der Waals surface area contributed by atoms with Crippen LogP contribution in [0, 0.1) is 5.92 Å². The van der Waals surface area contributed by atoms with Crippen molar-refractivity contribution in [2.24, 2.45) is 5.92 Å². The third kappa shape index (κ3) is 4.01. The second-order valence-corrected chi connectivity index (χ2v) is 11.7. The predicted molar refractivity (Wildman–Crippen MR) is 124 cm³/mol. The van der Waals surface area contributed by atoms with Gasteiger partial charge in [0, 0.05) is 11.1 Å². The van der Waals surface area contributed by atoms with Crippen LogP contribution < -0.4 is 5.50 Å². The maximum Gasteiger partial charge on any atom is 0.397 e. The number of hydrogen-bond donors (Lipinski definition) is 3. The quantitative estimate of drug-likeness (QED) is 0.373. The molecule has 0 amide bonds. The fourth-order valence-corrected chi connectivity index (χ4v) is 6.32. The van der Waals surface area contributed by atoms with E-state index in [1.54, 1.807) is 6.07 Å². The van der Waals surface area contributed by atoms with E-state index in [1.807, 2.05) is 6.07 Å². The molecule has 3 N–H and O–H groups in total. The first-order chi connectivity index (χ1) is 15.1. The van der Waals surface area contributed by atoms with Crippen molar-refractivity contribution in [2.75, 3.05) is 0 Å². The molecule has 2 aliphatic carbocycles. The van der Waals surface area contributed by atoms with E-state index >= 15 is 0 Å². The highest BCUT2D eigenvalue weighted by molar-refractivity contribution is 7.61. The molecule has 2 aromatic heterocycles. The first kappa shape index (κ1) is 22.0. The molecule has 5 rings (SSSR count). The van der Waals surface area contributed by atoms with Crippen LogP contribution in [0.2, 0.25) is 5.02 Å². The Morgan fingerprint density at radius 3 is 2.59 bits per heavy atom. The van der Waals surface area contributed by atoms with E-state index < -0.39 is 18.8 Å². The highest BCUT2D eigenvalue weighted by Gasteiger charge is 2.41. The molecule has 0 spiro atoms. The number of aromatic nitrogens is 2. The minimum Gasteiger partial charge on any atom is -0.504 e. The summed E-state index contributed by atoms with van der Waals surface area (Å²) in [6.45, 7) is 4.40. The molecule has 2 aliphatic rings. The minimum atomic E-state index is -4.31. The predicted octanol–water partition coefficient (Wildman–Crippen LogP) is 6.03. The van der Waals surface area contributed by atoms with Gasteiger partial charge in [0.1, 0.15) is 0 Å². The van der Waals surface area contributed by atoms with E-state index in [9.17, 15) is 14.6 Å². The molecule has 0 bridgehead atoms. The molecule has 1 unspecified atom stereocenters. The largest absolute Gasteiger partial charge is 0.504 e. The van der Waals surface area contributed by atoms with Gasteiger partial charge in [-0.2, -0.15) is 0 Å². The van der Waals surface area contributed by atoms with E-state index in [4.69, 9.17) is 25.5 Å². The number of fused-ring (bicyclic) bond motifs is 1.